The summed E-state index contributed by atoms with van der Waals surface area (Å²) in [6.07, 6.45) is 1.93. The highest BCUT2D eigenvalue weighted by Crippen LogP contribution is 2.46. The number of ether oxygens (including phenoxy) is 1. The molecule has 1 aliphatic rings. The Balaban J connectivity index is 0.981. The van der Waals surface area contributed by atoms with E-state index in [4.69, 9.17) is 9.72 Å². The summed E-state index contributed by atoms with van der Waals surface area (Å²) in [4.78, 5) is 5.02. The number of aromatic nitrogens is 3. The lowest BCUT2D eigenvalue weighted by molar-refractivity contribution is 0.483. The molecule has 0 amide bonds. The summed E-state index contributed by atoms with van der Waals surface area (Å²) in [6, 6.07) is 71.4. The fourth-order valence-corrected chi connectivity index (χ4v) is 10.5. The van der Waals surface area contributed by atoms with Crippen molar-refractivity contribution in [3.63, 3.8) is 0 Å². The standard InChI is InChI=1S/C66H59N5O/c1-64(2,3)44-33-34-67-62(38-44)71-59-32-29-49(70-57-26-15-13-23-53(57)54-24-14-16-27-58(54)70)40-56(59)55-31-30-51(41-61(55)71)72-50-22-17-21-48(39-50)68-42-69(47-19-11-10-12-20-47)63-52(25-18-28-60(63)68)43-35-45(65(4,5)6)37-46(36-43)66(7,8)9/h10-41H,1-9H3/q+2. The predicted molar refractivity (Wildman–Crippen MR) is 302 cm³/mol. The van der Waals surface area contributed by atoms with E-state index in [9.17, 15) is 0 Å². The van der Waals surface area contributed by atoms with E-state index in [1.807, 2.05) is 12.3 Å². The van der Waals surface area contributed by atoms with Crippen LogP contribution in [0, 0.1) is 0 Å². The van der Waals surface area contributed by atoms with Crippen LogP contribution in [0.5, 0.6) is 11.5 Å². The van der Waals surface area contributed by atoms with Crippen molar-refractivity contribution in [2.45, 2.75) is 78.6 Å². The highest BCUT2D eigenvalue weighted by molar-refractivity contribution is 6.12. The molecule has 0 fully saturated rings. The monoisotopic (exact) mass is 937 g/mol. The molecule has 1 aliphatic heterocycles. The van der Waals surface area contributed by atoms with Crippen molar-refractivity contribution in [2.75, 3.05) is 0 Å². The van der Waals surface area contributed by atoms with Gasteiger partial charge in [0.05, 0.1) is 33.7 Å². The maximum atomic E-state index is 6.91. The zero-order valence-corrected chi connectivity index (χ0v) is 42.6. The van der Waals surface area contributed by atoms with Gasteiger partial charge in [0.25, 0.3) is 5.69 Å². The largest absolute Gasteiger partial charge is 0.503 e. The van der Waals surface area contributed by atoms with Gasteiger partial charge in [-0.05, 0) is 114 Å². The molecule has 8 aromatic carbocycles. The maximum absolute atomic E-state index is 6.91. The Morgan fingerprint density at radius 1 is 0.431 bits per heavy atom. The molecule has 352 valence electrons. The molecule has 4 heterocycles. The fourth-order valence-electron chi connectivity index (χ4n) is 10.5. The van der Waals surface area contributed by atoms with Crippen LogP contribution in [-0.4, -0.2) is 20.1 Å². The van der Waals surface area contributed by atoms with Crippen LogP contribution >= 0.6 is 0 Å². The second kappa shape index (κ2) is 16.7. The van der Waals surface area contributed by atoms with Gasteiger partial charge in [-0.2, -0.15) is 0 Å². The Labute approximate surface area is 422 Å². The van der Waals surface area contributed by atoms with Crippen LogP contribution in [0.4, 0.5) is 22.7 Å². The van der Waals surface area contributed by atoms with E-state index in [0.29, 0.717) is 0 Å². The number of fused-ring (bicyclic) bond motifs is 7. The number of pyridine rings is 1. The summed E-state index contributed by atoms with van der Waals surface area (Å²) in [7, 11) is 0. The minimum atomic E-state index is -0.0586. The van der Waals surface area contributed by atoms with E-state index in [2.05, 4.69) is 269 Å². The molecule has 3 aromatic heterocycles. The van der Waals surface area contributed by atoms with E-state index >= 15 is 0 Å². The molecule has 0 saturated carbocycles. The SMILES string of the molecule is CC(C)(C)c1cc(-c2cccc3c2[N+](c2ccccc2)=C=[N+]3c2cccc(Oc3ccc4c5cc(-n6c7ccccc7c7ccccc76)ccc5n(-c5cc(C(C)(C)C)ccn5)c4c3)c2)cc(C(C)(C)C)c1. The second-order valence-electron chi connectivity index (χ2n) is 22.4. The summed E-state index contributed by atoms with van der Waals surface area (Å²) in [5.41, 5.74) is 15.8. The van der Waals surface area contributed by atoms with Gasteiger partial charge in [0.2, 0.25) is 11.4 Å². The van der Waals surface area contributed by atoms with Gasteiger partial charge in [0, 0.05) is 63.8 Å². The van der Waals surface area contributed by atoms with Crippen molar-refractivity contribution in [3.8, 4) is 34.1 Å². The van der Waals surface area contributed by atoms with Crippen LogP contribution in [-0.2, 0) is 16.2 Å². The molecule has 0 bridgehead atoms. The summed E-state index contributed by atoms with van der Waals surface area (Å²) < 4.78 is 16.0. The Hall–Kier alpha value is -8.31. The van der Waals surface area contributed by atoms with Gasteiger partial charge in [-0.15, -0.1) is 0 Å². The molecule has 0 aliphatic carbocycles. The van der Waals surface area contributed by atoms with Crippen LogP contribution in [0.2, 0.25) is 0 Å². The zero-order valence-electron chi connectivity index (χ0n) is 42.6. The zero-order chi connectivity index (χ0) is 49.7. The Morgan fingerprint density at radius 2 is 1.04 bits per heavy atom. The van der Waals surface area contributed by atoms with Gasteiger partial charge in [-0.3, -0.25) is 4.57 Å². The van der Waals surface area contributed by atoms with Gasteiger partial charge in [0.1, 0.15) is 17.3 Å². The third kappa shape index (κ3) is 7.71. The van der Waals surface area contributed by atoms with Crippen LogP contribution in [0.15, 0.2) is 194 Å². The van der Waals surface area contributed by atoms with E-state index in [0.717, 1.165) is 73.1 Å². The average molecular weight is 938 g/mol. The molecule has 0 radical (unpaired) electrons. The van der Waals surface area contributed by atoms with Gasteiger partial charge >= 0.3 is 11.7 Å². The van der Waals surface area contributed by atoms with Crippen LogP contribution < -0.4 is 13.9 Å². The lowest BCUT2D eigenvalue weighted by Crippen LogP contribution is -2.16. The van der Waals surface area contributed by atoms with Crippen molar-refractivity contribution in [1.82, 2.24) is 23.3 Å². The Kier molecular flexibility index (Phi) is 10.4. The second-order valence-corrected chi connectivity index (χ2v) is 22.4. The Bertz CT molecular complexity index is 3960. The summed E-state index contributed by atoms with van der Waals surface area (Å²) in [5, 5.41) is 4.74. The van der Waals surface area contributed by atoms with Crippen LogP contribution in [0.1, 0.15) is 79.0 Å². The molecular formula is C66H59N5O+2. The molecule has 6 nitrogen and oxygen atoms in total. The van der Waals surface area contributed by atoms with Gasteiger partial charge in [0.15, 0.2) is 0 Å². The number of nitrogens with zero attached hydrogens (tertiary/aromatic N) is 5. The van der Waals surface area contributed by atoms with Crippen molar-refractivity contribution >= 4 is 72.4 Å². The van der Waals surface area contributed by atoms with Crippen molar-refractivity contribution < 1.29 is 4.74 Å². The third-order valence-corrected chi connectivity index (χ3v) is 14.4. The highest BCUT2D eigenvalue weighted by Gasteiger charge is 2.40. The molecule has 6 heteroatoms. The van der Waals surface area contributed by atoms with Gasteiger partial charge in [-0.1, -0.05) is 147 Å². The first-order valence-corrected chi connectivity index (χ1v) is 25.1. The van der Waals surface area contributed by atoms with E-state index in [1.54, 1.807) is 0 Å². The molecular weight excluding hydrogens is 879 g/mol. The molecule has 0 N–H and O–H groups in total. The number of benzene rings is 8. The normalized spacial score (nSPS) is 13.0. The summed E-state index contributed by atoms with van der Waals surface area (Å²) in [5.74, 6) is 2.32. The number of hydrogen-bond donors (Lipinski definition) is 0. The molecule has 0 unspecified atom stereocenters. The number of hydrogen-bond acceptors (Lipinski definition) is 2. The first-order valence-electron chi connectivity index (χ1n) is 25.1. The smallest absolute Gasteiger partial charge is 0.457 e. The van der Waals surface area contributed by atoms with Crippen molar-refractivity contribution in [3.05, 3.63) is 211 Å². The summed E-state index contributed by atoms with van der Waals surface area (Å²) >= 11 is 0. The van der Waals surface area contributed by atoms with E-state index < -0.39 is 0 Å². The van der Waals surface area contributed by atoms with Gasteiger partial charge in [-0.25, -0.2) is 4.98 Å². The van der Waals surface area contributed by atoms with Crippen molar-refractivity contribution in [1.29, 1.82) is 0 Å². The highest BCUT2D eigenvalue weighted by atomic mass is 16.5. The third-order valence-electron chi connectivity index (χ3n) is 14.4. The lowest BCUT2D eigenvalue weighted by Gasteiger charge is -2.26. The molecule has 0 atom stereocenters. The molecule has 11 aromatic rings. The van der Waals surface area contributed by atoms with E-state index in [1.165, 1.54) is 44.1 Å². The number of para-hydroxylation sites is 4. The average Bonchev–Trinajstić information content (AvgIpc) is 4.04. The quantitative estimate of drug-likeness (QED) is 0.149. The molecule has 0 saturated heterocycles. The molecule has 72 heavy (non-hydrogen) atoms. The first-order chi connectivity index (χ1) is 34.6. The van der Waals surface area contributed by atoms with Crippen LogP contribution in [0.25, 0.3) is 66.2 Å². The van der Waals surface area contributed by atoms with E-state index in [-0.39, 0.29) is 16.2 Å². The fraction of sp³-hybridized carbons (Fsp3) is 0.182. The van der Waals surface area contributed by atoms with Crippen molar-refractivity contribution in [2.24, 2.45) is 0 Å². The predicted octanol–water partition coefficient (Wildman–Crippen LogP) is 17.5. The minimum absolute atomic E-state index is 0.0228. The number of rotatable bonds is 7. The lowest BCUT2D eigenvalue weighted by atomic mass is 9.78. The summed E-state index contributed by atoms with van der Waals surface area (Å²) in [6.45, 7) is 20.5. The minimum Gasteiger partial charge on any atom is -0.457 e. The maximum Gasteiger partial charge on any atom is 0.503 e. The first kappa shape index (κ1) is 44.9. The molecule has 12 rings (SSSR count). The van der Waals surface area contributed by atoms with Gasteiger partial charge < -0.3 is 9.30 Å². The van der Waals surface area contributed by atoms with Crippen LogP contribution in [0.3, 0.4) is 0 Å². The topological polar surface area (TPSA) is 38.0 Å². The molecule has 0 spiro atoms. The Morgan fingerprint density at radius 3 is 1.74 bits per heavy atom.